The molecule has 0 radical (unpaired) electrons. The van der Waals surface area contributed by atoms with E-state index in [4.69, 9.17) is 4.42 Å². The maximum Gasteiger partial charge on any atom is 0.263 e. The molecule has 0 atom stereocenters. The summed E-state index contributed by atoms with van der Waals surface area (Å²) in [5, 5.41) is 3.10. The van der Waals surface area contributed by atoms with Crippen molar-refractivity contribution in [1.29, 1.82) is 0 Å². The summed E-state index contributed by atoms with van der Waals surface area (Å²) >= 11 is 0. The Labute approximate surface area is 104 Å². The molecule has 0 amide bonds. The van der Waals surface area contributed by atoms with Crippen LogP contribution in [-0.2, 0) is 13.1 Å². The van der Waals surface area contributed by atoms with Crippen LogP contribution >= 0.6 is 0 Å². The van der Waals surface area contributed by atoms with Crippen LogP contribution in [0, 0.1) is 6.92 Å². The maximum absolute atomic E-state index is 12.5. The van der Waals surface area contributed by atoms with Crippen LogP contribution in [0.4, 0.5) is 8.78 Å². The fraction of sp³-hybridized carbons (Fsp3) is 0.308. The number of rotatable bonds is 5. The quantitative estimate of drug-likeness (QED) is 0.888. The van der Waals surface area contributed by atoms with E-state index in [9.17, 15) is 8.78 Å². The first-order valence-corrected chi connectivity index (χ1v) is 5.64. The largest absolute Gasteiger partial charge is 0.445 e. The van der Waals surface area contributed by atoms with Crippen molar-refractivity contribution in [3.63, 3.8) is 0 Å². The summed E-state index contributed by atoms with van der Waals surface area (Å²) < 4.78 is 30.3. The van der Waals surface area contributed by atoms with E-state index in [1.165, 1.54) is 12.1 Å². The number of hydrogen-bond acceptors (Lipinski definition) is 3. The Morgan fingerprint density at radius 3 is 2.83 bits per heavy atom. The Kier molecular flexibility index (Phi) is 4.04. The van der Waals surface area contributed by atoms with E-state index in [0.717, 1.165) is 11.3 Å². The first kappa shape index (κ1) is 12.7. The number of benzene rings is 1. The Balaban J connectivity index is 1.88. The van der Waals surface area contributed by atoms with Gasteiger partial charge in [0.25, 0.3) is 6.43 Å². The Morgan fingerprint density at radius 1 is 1.33 bits per heavy atom. The van der Waals surface area contributed by atoms with Crippen LogP contribution in [0.3, 0.4) is 0 Å². The van der Waals surface area contributed by atoms with Gasteiger partial charge in [-0.05, 0) is 18.6 Å². The van der Waals surface area contributed by atoms with E-state index >= 15 is 0 Å². The van der Waals surface area contributed by atoms with Crippen molar-refractivity contribution >= 4 is 0 Å². The molecule has 5 heteroatoms. The Morgan fingerprint density at radius 2 is 2.17 bits per heavy atom. The zero-order valence-electron chi connectivity index (χ0n) is 9.99. The van der Waals surface area contributed by atoms with Gasteiger partial charge in [-0.1, -0.05) is 18.2 Å². The van der Waals surface area contributed by atoms with Gasteiger partial charge in [-0.25, -0.2) is 13.8 Å². The summed E-state index contributed by atoms with van der Waals surface area (Å²) in [5.74, 6) is 1.35. The highest BCUT2D eigenvalue weighted by atomic mass is 19.3. The summed E-state index contributed by atoms with van der Waals surface area (Å²) in [5.41, 5.74) is 0.859. The molecule has 0 saturated heterocycles. The smallest absolute Gasteiger partial charge is 0.263 e. The molecule has 1 heterocycles. The number of aromatic nitrogens is 1. The topological polar surface area (TPSA) is 38.1 Å². The van der Waals surface area contributed by atoms with Gasteiger partial charge in [-0.2, -0.15) is 0 Å². The minimum Gasteiger partial charge on any atom is -0.445 e. The lowest BCUT2D eigenvalue weighted by Crippen LogP contribution is -2.13. The third kappa shape index (κ3) is 3.37. The summed E-state index contributed by atoms with van der Waals surface area (Å²) in [6.07, 6.45) is -0.784. The van der Waals surface area contributed by atoms with E-state index in [-0.39, 0.29) is 5.56 Å². The molecule has 1 N–H and O–H groups in total. The molecule has 0 aliphatic heterocycles. The Hall–Kier alpha value is -1.75. The molecule has 0 spiro atoms. The average Bonchev–Trinajstić information content (AvgIpc) is 2.75. The summed E-state index contributed by atoms with van der Waals surface area (Å²) in [6.45, 7) is 2.80. The molecule has 18 heavy (non-hydrogen) atoms. The number of halogens is 2. The van der Waals surface area contributed by atoms with Crippen molar-refractivity contribution in [3.8, 4) is 0 Å². The van der Waals surface area contributed by atoms with Crippen LogP contribution in [0.2, 0.25) is 0 Å². The van der Waals surface area contributed by atoms with Gasteiger partial charge < -0.3 is 9.73 Å². The normalized spacial score (nSPS) is 11.1. The fourth-order valence-corrected chi connectivity index (χ4v) is 1.64. The van der Waals surface area contributed by atoms with Crippen LogP contribution in [0.25, 0.3) is 0 Å². The number of oxazole rings is 1. The number of nitrogens with zero attached hydrogens (tertiary/aromatic N) is 1. The lowest BCUT2D eigenvalue weighted by atomic mass is 10.1. The van der Waals surface area contributed by atoms with Crippen LogP contribution in [-0.4, -0.2) is 4.98 Å². The maximum atomic E-state index is 12.5. The average molecular weight is 252 g/mol. The third-order valence-corrected chi connectivity index (χ3v) is 2.48. The minimum absolute atomic E-state index is 0.0428. The molecular formula is C13H14F2N2O. The second kappa shape index (κ2) is 5.73. The second-order valence-electron chi connectivity index (χ2n) is 4.01. The van der Waals surface area contributed by atoms with Gasteiger partial charge in [-0.3, -0.25) is 0 Å². The van der Waals surface area contributed by atoms with E-state index in [2.05, 4.69) is 10.3 Å². The zero-order chi connectivity index (χ0) is 13.0. The van der Waals surface area contributed by atoms with E-state index in [1.54, 1.807) is 18.3 Å². The molecule has 0 bridgehead atoms. The van der Waals surface area contributed by atoms with E-state index in [1.807, 2.05) is 6.92 Å². The highest BCUT2D eigenvalue weighted by Crippen LogP contribution is 2.19. The monoisotopic (exact) mass is 252 g/mol. The molecule has 0 aliphatic rings. The second-order valence-corrected chi connectivity index (χ2v) is 4.01. The van der Waals surface area contributed by atoms with Crippen LogP contribution in [0.15, 0.2) is 34.9 Å². The number of alkyl halides is 2. The third-order valence-electron chi connectivity index (χ3n) is 2.48. The highest BCUT2D eigenvalue weighted by molar-refractivity contribution is 5.24. The molecule has 1 aromatic heterocycles. The summed E-state index contributed by atoms with van der Waals surface area (Å²) in [6, 6.07) is 6.36. The van der Waals surface area contributed by atoms with Gasteiger partial charge >= 0.3 is 0 Å². The lowest BCUT2D eigenvalue weighted by molar-refractivity contribution is 0.151. The zero-order valence-corrected chi connectivity index (χ0v) is 9.99. The van der Waals surface area contributed by atoms with Gasteiger partial charge in [0, 0.05) is 12.1 Å². The molecule has 0 aliphatic carbocycles. The summed E-state index contributed by atoms with van der Waals surface area (Å²) in [4.78, 5) is 4.04. The number of hydrogen-bond donors (Lipinski definition) is 1. The van der Waals surface area contributed by atoms with Crippen molar-refractivity contribution in [2.45, 2.75) is 26.4 Å². The number of aryl methyl sites for hydroxylation is 1. The molecule has 2 aromatic rings. The molecule has 0 fully saturated rings. The van der Waals surface area contributed by atoms with Crippen molar-refractivity contribution in [1.82, 2.24) is 10.3 Å². The lowest BCUT2D eigenvalue weighted by Gasteiger charge is -2.05. The van der Waals surface area contributed by atoms with Crippen LogP contribution < -0.4 is 5.32 Å². The minimum atomic E-state index is -2.43. The molecule has 1 aromatic carbocycles. The van der Waals surface area contributed by atoms with Crippen molar-refractivity contribution in [3.05, 3.63) is 53.2 Å². The fourth-order valence-electron chi connectivity index (χ4n) is 1.64. The van der Waals surface area contributed by atoms with Gasteiger partial charge in [-0.15, -0.1) is 0 Å². The Bertz CT molecular complexity index is 511. The van der Waals surface area contributed by atoms with E-state index in [0.29, 0.717) is 19.0 Å². The highest BCUT2D eigenvalue weighted by Gasteiger charge is 2.07. The van der Waals surface area contributed by atoms with Gasteiger partial charge in [0.05, 0.1) is 12.7 Å². The van der Waals surface area contributed by atoms with Gasteiger partial charge in [0.2, 0.25) is 5.89 Å². The standard InChI is InChI=1S/C13H14F2N2O/c1-9-6-17-12(18-9)8-16-7-10-3-2-4-11(5-10)13(14)15/h2-6,13,16H,7-8H2,1H3. The van der Waals surface area contributed by atoms with Crippen LogP contribution in [0.5, 0.6) is 0 Å². The van der Waals surface area contributed by atoms with E-state index < -0.39 is 6.43 Å². The number of nitrogens with one attached hydrogen (secondary N) is 1. The van der Waals surface area contributed by atoms with Crippen molar-refractivity contribution < 1.29 is 13.2 Å². The molecular weight excluding hydrogens is 238 g/mol. The molecule has 0 saturated carbocycles. The van der Waals surface area contributed by atoms with Crippen molar-refractivity contribution in [2.24, 2.45) is 0 Å². The summed E-state index contributed by atoms with van der Waals surface area (Å²) in [7, 11) is 0. The molecule has 0 unspecified atom stereocenters. The van der Waals surface area contributed by atoms with Gasteiger partial charge in [0.15, 0.2) is 0 Å². The molecule has 96 valence electrons. The van der Waals surface area contributed by atoms with Crippen molar-refractivity contribution in [2.75, 3.05) is 0 Å². The van der Waals surface area contributed by atoms with Gasteiger partial charge in [0.1, 0.15) is 5.76 Å². The SMILES string of the molecule is Cc1cnc(CNCc2cccc(C(F)F)c2)o1. The molecule has 3 nitrogen and oxygen atoms in total. The predicted octanol–water partition coefficient (Wildman–Crippen LogP) is 3.21. The van der Waals surface area contributed by atoms with Crippen LogP contribution in [0.1, 0.15) is 29.2 Å². The molecule has 2 rings (SSSR count). The first-order chi connectivity index (χ1) is 8.65. The predicted molar refractivity (Wildman–Crippen MR) is 63.2 cm³/mol. The first-order valence-electron chi connectivity index (χ1n) is 5.64.